The molecular formula is C13H26O2Si. The first kappa shape index (κ1) is 13.9. The fourth-order valence-corrected chi connectivity index (χ4v) is 2.52. The molecule has 1 atom stereocenters. The lowest BCUT2D eigenvalue weighted by molar-refractivity contribution is 0.170. The minimum atomic E-state index is -1.67. The number of aliphatic hydroxyl groups excluding tert-OH is 1. The van der Waals surface area contributed by atoms with Gasteiger partial charge in [-0.3, -0.25) is 0 Å². The highest BCUT2D eigenvalue weighted by atomic mass is 28.4. The molecule has 3 heteroatoms. The average molecular weight is 242 g/mol. The van der Waals surface area contributed by atoms with Crippen LogP contribution in [0.3, 0.4) is 0 Å². The van der Waals surface area contributed by atoms with E-state index in [4.69, 9.17) is 4.43 Å². The van der Waals surface area contributed by atoms with Crippen molar-refractivity contribution >= 4 is 8.32 Å². The van der Waals surface area contributed by atoms with Crippen LogP contribution in [0.2, 0.25) is 18.1 Å². The monoisotopic (exact) mass is 242 g/mol. The lowest BCUT2D eigenvalue weighted by Crippen LogP contribution is -2.41. The van der Waals surface area contributed by atoms with E-state index in [0.29, 0.717) is 6.61 Å². The quantitative estimate of drug-likeness (QED) is 0.606. The van der Waals surface area contributed by atoms with Crippen molar-refractivity contribution in [1.29, 1.82) is 0 Å². The van der Waals surface area contributed by atoms with Crippen LogP contribution in [-0.2, 0) is 4.43 Å². The van der Waals surface area contributed by atoms with Crippen molar-refractivity contribution in [1.82, 2.24) is 0 Å². The van der Waals surface area contributed by atoms with Gasteiger partial charge < -0.3 is 9.53 Å². The fourth-order valence-electron chi connectivity index (χ4n) is 1.56. The van der Waals surface area contributed by atoms with Gasteiger partial charge in [0.15, 0.2) is 8.32 Å². The van der Waals surface area contributed by atoms with Gasteiger partial charge in [-0.15, -0.1) is 0 Å². The zero-order valence-corrected chi connectivity index (χ0v) is 12.3. The van der Waals surface area contributed by atoms with Crippen molar-refractivity contribution in [3.63, 3.8) is 0 Å². The predicted octanol–water partition coefficient (Wildman–Crippen LogP) is 3.48. The van der Waals surface area contributed by atoms with Crippen molar-refractivity contribution in [3.05, 3.63) is 11.6 Å². The van der Waals surface area contributed by atoms with Crippen LogP contribution in [0.5, 0.6) is 0 Å². The maximum absolute atomic E-state index is 9.84. The van der Waals surface area contributed by atoms with Gasteiger partial charge in [-0.05, 0) is 43.0 Å². The lowest BCUT2D eigenvalue weighted by atomic mass is 9.97. The number of allylic oxidation sites excluding steroid dienone is 1. The summed E-state index contributed by atoms with van der Waals surface area (Å²) in [6.45, 7) is 11.9. The molecule has 0 radical (unpaired) electrons. The molecule has 0 aromatic rings. The molecule has 0 fully saturated rings. The first-order chi connectivity index (χ1) is 7.24. The van der Waals surface area contributed by atoms with E-state index in [2.05, 4.69) is 39.9 Å². The zero-order chi connectivity index (χ0) is 12.4. The summed E-state index contributed by atoms with van der Waals surface area (Å²) in [6.07, 6.45) is 4.98. The van der Waals surface area contributed by atoms with E-state index in [9.17, 15) is 5.11 Å². The molecule has 0 bridgehead atoms. The molecule has 1 unspecified atom stereocenters. The number of hydrogen-bond acceptors (Lipinski definition) is 2. The molecule has 94 valence electrons. The standard InChI is InChI=1S/C13H26O2Si/c1-13(2,3)16(4,5)15-10-11-8-6-7-9-12(11)14/h8,12,14H,6-7,9-10H2,1-5H3. The Morgan fingerprint density at radius 1 is 1.44 bits per heavy atom. The van der Waals surface area contributed by atoms with Crippen LogP contribution in [0.15, 0.2) is 11.6 Å². The third kappa shape index (κ3) is 3.44. The highest BCUT2D eigenvalue weighted by Crippen LogP contribution is 2.37. The Kier molecular flexibility index (Phi) is 4.38. The van der Waals surface area contributed by atoms with Crippen LogP contribution in [0.1, 0.15) is 40.0 Å². The Balaban J connectivity index is 2.54. The lowest BCUT2D eigenvalue weighted by Gasteiger charge is -2.37. The van der Waals surface area contributed by atoms with Crippen LogP contribution in [0.4, 0.5) is 0 Å². The maximum atomic E-state index is 9.84. The van der Waals surface area contributed by atoms with Gasteiger partial charge in [0.1, 0.15) is 0 Å². The Hall–Kier alpha value is -0.123. The van der Waals surface area contributed by atoms with E-state index < -0.39 is 8.32 Å². The van der Waals surface area contributed by atoms with Gasteiger partial charge >= 0.3 is 0 Å². The van der Waals surface area contributed by atoms with Crippen molar-refractivity contribution < 1.29 is 9.53 Å². The van der Waals surface area contributed by atoms with Crippen LogP contribution in [0.25, 0.3) is 0 Å². The molecule has 1 N–H and O–H groups in total. The Bertz CT molecular complexity index is 264. The van der Waals surface area contributed by atoms with Gasteiger partial charge in [0.2, 0.25) is 0 Å². The summed E-state index contributed by atoms with van der Waals surface area (Å²) in [7, 11) is -1.67. The van der Waals surface area contributed by atoms with Crippen molar-refractivity contribution in [2.75, 3.05) is 6.61 Å². The van der Waals surface area contributed by atoms with Crippen molar-refractivity contribution in [3.8, 4) is 0 Å². The summed E-state index contributed by atoms with van der Waals surface area (Å²) < 4.78 is 6.11. The molecule has 0 amide bonds. The van der Waals surface area contributed by atoms with Crippen LogP contribution < -0.4 is 0 Å². The summed E-state index contributed by atoms with van der Waals surface area (Å²) in [6, 6.07) is 0. The van der Waals surface area contributed by atoms with Gasteiger partial charge in [-0.1, -0.05) is 26.8 Å². The van der Waals surface area contributed by atoms with Crippen LogP contribution in [-0.4, -0.2) is 26.1 Å². The second kappa shape index (κ2) is 5.03. The molecule has 0 saturated heterocycles. The smallest absolute Gasteiger partial charge is 0.192 e. The minimum absolute atomic E-state index is 0.243. The molecule has 0 aromatic heterocycles. The minimum Gasteiger partial charge on any atom is -0.413 e. The molecule has 0 aliphatic heterocycles. The third-order valence-electron chi connectivity index (χ3n) is 3.92. The van der Waals surface area contributed by atoms with Crippen LogP contribution >= 0.6 is 0 Å². The number of rotatable bonds is 3. The molecule has 0 saturated carbocycles. The van der Waals surface area contributed by atoms with Gasteiger partial charge in [0.25, 0.3) is 0 Å². The van der Waals surface area contributed by atoms with E-state index in [1.807, 2.05) is 0 Å². The van der Waals surface area contributed by atoms with Gasteiger partial charge in [0.05, 0.1) is 12.7 Å². The van der Waals surface area contributed by atoms with E-state index >= 15 is 0 Å². The van der Waals surface area contributed by atoms with E-state index in [1.54, 1.807) is 0 Å². The maximum Gasteiger partial charge on any atom is 0.192 e. The fraction of sp³-hybridized carbons (Fsp3) is 0.846. The molecule has 2 nitrogen and oxygen atoms in total. The number of hydrogen-bond donors (Lipinski definition) is 1. The average Bonchev–Trinajstić information content (AvgIpc) is 2.15. The highest BCUT2D eigenvalue weighted by Gasteiger charge is 2.37. The SMILES string of the molecule is CC(C)(C)[Si](C)(C)OCC1=CCCCC1O. The largest absolute Gasteiger partial charge is 0.413 e. The van der Waals surface area contributed by atoms with E-state index in [-0.39, 0.29) is 11.1 Å². The molecule has 1 aliphatic rings. The second-order valence-electron chi connectivity index (χ2n) is 6.27. The predicted molar refractivity (Wildman–Crippen MR) is 71.1 cm³/mol. The van der Waals surface area contributed by atoms with Gasteiger partial charge in [-0.25, -0.2) is 0 Å². The van der Waals surface area contributed by atoms with E-state index in [1.165, 1.54) is 0 Å². The summed E-state index contributed by atoms with van der Waals surface area (Å²) in [4.78, 5) is 0. The normalized spacial score (nSPS) is 23.1. The number of aliphatic hydroxyl groups is 1. The molecule has 0 aromatic carbocycles. The summed E-state index contributed by atoms with van der Waals surface area (Å²) in [5.41, 5.74) is 1.09. The first-order valence-corrected chi connectivity index (χ1v) is 9.16. The third-order valence-corrected chi connectivity index (χ3v) is 8.40. The van der Waals surface area contributed by atoms with Gasteiger partial charge in [-0.2, -0.15) is 0 Å². The molecule has 0 spiro atoms. The molecule has 1 rings (SSSR count). The summed E-state index contributed by atoms with van der Waals surface area (Å²) >= 11 is 0. The summed E-state index contributed by atoms with van der Waals surface area (Å²) in [5.74, 6) is 0. The van der Waals surface area contributed by atoms with Gasteiger partial charge in [0, 0.05) is 0 Å². The first-order valence-electron chi connectivity index (χ1n) is 6.25. The molecule has 0 heterocycles. The van der Waals surface area contributed by atoms with Crippen molar-refractivity contribution in [2.45, 2.75) is 64.3 Å². The van der Waals surface area contributed by atoms with E-state index in [0.717, 1.165) is 24.8 Å². The van der Waals surface area contributed by atoms with Crippen molar-refractivity contribution in [2.24, 2.45) is 0 Å². The topological polar surface area (TPSA) is 29.5 Å². The second-order valence-corrected chi connectivity index (χ2v) is 11.1. The molecule has 1 aliphatic carbocycles. The Morgan fingerprint density at radius 3 is 2.56 bits per heavy atom. The summed E-state index contributed by atoms with van der Waals surface area (Å²) in [5, 5.41) is 10.1. The zero-order valence-electron chi connectivity index (χ0n) is 11.3. The Morgan fingerprint density at radius 2 is 2.06 bits per heavy atom. The Labute approximate surface area is 101 Å². The molecule has 16 heavy (non-hydrogen) atoms. The molecular weight excluding hydrogens is 216 g/mol. The van der Waals surface area contributed by atoms with Crippen LogP contribution in [0, 0.1) is 0 Å². The highest BCUT2D eigenvalue weighted by molar-refractivity contribution is 6.74.